The molecular formula is C11H16ClNO2S2. The highest BCUT2D eigenvalue weighted by molar-refractivity contribution is 8.00. The Bertz CT molecular complexity index is 486. The van der Waals surface area contributed by atoms with Crippen molar-refractivity contribution in [2.45, 2.75) is 17.9 Å². The lowest BCUT2D eigenvalue weighted by Crippen LogP contribution is -2.06. The molecule has 0 fully saturated rings. The van der Waals surface area contributed by atoms with Gasteiger partial charge in [0.2, 0.25) is 0 Å². The second kappa shape index (κ2) is 6.09. The molecule has 1 unspecified atom stereocenters. The molecule has 6 heteroatoms. The minimum atomic E-state index is -2.90. The molecule has 17 heavy (non-hydrogen) atoms. The first kappa shape index (κ1) is 14.8. The molecule has 0 aliphatic heterocycles. The van der Waals surface area contributed by atoms with Gasteiger partial charge in [-0.2, -0.15) is 0 Å². The van der Waals surface area contributed by atoms with Crippen LogP contribution in [0.25, 0.3) is 0 Å². The molecule has 1 rings (SSSR count). The second-order valence-corrected chi connectivity index (χ2v) is 7.79. The molecule has 0 bridgehead atoms. The van der Waals surface area contributed by atoms with Crippen molar-refractivity contribution in [1.29, 1.82) is 0 Å². The summed E-state index contributed by atoms with van der Waals surface area (Å²) in [7, 11) is -2.90. The molecule has 1 aromatic rings. The fourth-order valence-electron chi connectivity index (χ4n) is 1.28. The normalized spacial score (nSPS) is 13.6. The van der Waals surface area contributed by atoms with E-state index < -0.39 is 9.84 Å². The summed E-state index contributed by atoms with van der Waals surface area (Å²) in [6.45, 7) is 1.87. The van der Waals surface area contributed by atoms with Crippen LogP contribution < -0.4 is 5.73 Å². The molecule has 0 aliphatic rings. The van der Waals surface area contributed by atoms with Gasteiger partial charge in [-0.05, 0) is 24.6 Å². The van der Waals surface area contributed by atoms with E-state index >= 15 is 0 Å². The number of rotatable bonds is 5. The molecule has 0 aliphatic carbocycles. The maximum Gasteiger partial charge on any atom is 0.148 e. The highest BCUT2D eigenvalue weighted by atomic mass is 35.5. The summed E-state index contributed by atoms with van der Waals surface area (Å²) in [5.74, 6) is 0.705. The van der Waals surface area contributed by atoms with E-state index in [0.717, 1.165) is 10.5 Å². The van der Waals surface area contributed by atoms with Crippen molar-refractivity contribution in [3.05, 3.63) is 28.8 Å². The van der Waals surface area contributed by atoms with E-state index in [1.54, 1.807) is 0 Å². The maximum atomic E-state index is 11.0. The van der Waals surface area contributed by atoms with Crippen molar-refractivity contribution >= 4 is 33.2 Å². The third-order valence-corrected chi connectivity index (χ3v) is 4.71. The summed E-state index contributed by atoms with van der Waals surface area (Å²) in [6, 6.07) is 5.53. The van der Waals surface area contributed by atoms with E-state index in [-0.39, 0.29) is 11.8 Å². The molecule has 3 nitrogen and oxygen atoms in total. The van der Waals surface area contributed by atoms with Crippen LogP contribution in [0.2, 0.25) is 5.02 Å². The van der Waals surface area contributed by atoms with Gasteiger partial charge in [-0.1, -0.05) is 17.7 Å². The zero-order valence-electron chi connectivity index (χ0n) is 9.81. The molecule has 0 saturated carbocycles. The van der Waals surface area contributed by atoms with E-state index in [0.29, 0.717) is 10.8 Å². The Balaban J connectivity index is 2.65. The fraction of sp³-hybridized carbons (Fsp3) is 0.455. The summed E-state index contributed by atoms with van der Waals surface area (Å²) in [6.07, 6.45) is 1.24. The SMILES string of the molecule is CC(N)c1ccc(SCCS(C)(=O)=O)cc1Cl. The lowest BCUT2D eigenvalue weighted by atomic mass is 10.1. The van der Waals surface area contributed by atoms with Crippen LogP contribution >= 0.6 is 23.4 Å². The van der Waals surface area contributed by atoms with Gasteiger partial charge < -0.3 is 5.73 Å². The van der Waals surface area contributed by atoms with Crippen molar-refractivity contribution in [1.82, 2.24) is 0 Å². The van der Waals surface area contributed by atoms with Crippen molar-refractivity contribution in [3.63, 3.8) is 0 Å². The van der Waals surface area contributed by atoms with Crippen LogP contribution in [0.3, 0.4) is 0 Å². The minimum Gasteiger partial charge on any atom is -0.324 e. The predicted molar refractivity (Wildman–Crippen MR) is 74.5 cm³/mol. The van der Waals surface area contributed by atoms with Crippen LogP contribution in [0.5, 0.6) is 0 Å². The van der Waals surface area contributed by atoms with Gasteiger partial charge in [-0.15, -0.1) is 11.8 Å². The van der Waals surface area contributed by atoms with Crippen LogP contribution in [0.15, 0.2) is 23.1 Å². The molecule has 0 spiro atoms. The zero-order chi connectivity index (χ0) is 13.1. The third-order valence-electron chi connectivity index (χ3n) is 2.19. The average molecular weight is 294 g/mol. The van der Waals surface area contributed by atoms with Crippen molar-refractivity contribution in [2.75, 3.05) is 17.8 Å². The van der Waals surface area contributed by atoms with Gasteiger partial charge in [0, 0.05) is 28.0 Å². The third kappa shape index (κ3) is 5.29. The molecule has 0 heterocycles. The van der Waals surface area contributed by atoms with E-state index in [4.69, 9.17) is 17.3 Å². The monoisotopic (exact) mass is 293 g/mol. The molecule has 0 amide bonds. The number of sulfone groups is 1. The number of nitrogens with two attached hydrogens (primary N) is 1. The Morgan fingerprint density at radius 1 is 1.47 bits per heavy atom. The van der Waals surface area contributed by atoms with Gasteiger partial charge in [0.25, 0.3) is 0 Å². The average Bonchev–Trinajstić information content (AvgIpc) is 2.15. The minimum absolute atomic E-state index is 0.0995. The summed E-state index contributed by atoms with van der Waals surface area (Å²) >= 11 is 7.56. The van der Waals surface area contributed by atoms with Crippen LogP contribution in [0.1, 0.15) is 18.5 Å². The van der Waals surface area contributed by atoms with E-state index in [1.807, 2.05) is 25.1 Å². The summed E-state index contributed by atoms with van der Waals surface area (Å²) in [4.78, 5) is 0.961. The van der Waals surface area contributed by atoms with Crippen molar-refractivity contribution in [3.8, 4) is 0 Å². The zero-order valence-corrected chi connectivity index (χ0v) is 12.2. The molecule has 0 radical (unpaired) electrons. The van der Waals surface area contributed by atoms with E-state index in [2.05, 4.69) is 0 Å². The number of benzene rings is 1. The standard InChI is InChI=1S/C11H16ClNO2S2/c1-8(13)10-4-3-9(7-11(10)12)16-5-6-17(2,14)15/h3-4,7-8H,5-6,13H2,1-2H3. The van der Waals surface area contributed by atoms with Gasteiger partial charge >= 0.3 is 0 Å². The first-order valence-corrected chi connectivity index (χ1v) is 8.57. The molecular weight excluding hydrogens is 278 g/mol. The van der Waals surface area contributed by atoms with Gasteiger partial charge in [-0.25, -0.2) is 8.42 Å². The number of hydrogen-bond donors (Lipinski definition) is 1. The Hall–Kier alpha value is -0.230. The highest BCUT2D eigenvalue weighted by Gasteiger charge is 2.07. The summed E-state index contributed by atoms with van der Waals surface area (Å²) in [5, 5.41) is 0.629. The van der Waals surface area contributed by atoms with Crippen LogP contribution in [-0.2, 0) is 9.84 Å². The Morgan fingerprint density at radius 3 is 2.59 bits per heavy atom. The topological polar surface area (TPSA) is 60.2 Å². The van der Waals surface area contributed by atoms with E-state index in [9.17, 15) is 8.42 Å². The highest BCUT2D eigenvalue weighted by Crippen LogP contribution is 2.27. The molecule has 96 valence electrons. The molecule has 0 aromatic heterocycles. The second-order valence-electron chi connectivity index (χ2n) is 3.95. The first-order chi connectivity index (χ1) is 7.79. The maximum absolute atomic E-state index is 11.0. The largest absolute Gasteiger partial charge is 0.324 e. The van der Waals surface area contributed by atoms with E-state index in [1.165, 1.54) is 18.0 Å². The quantitative estimate of drug-likeness (QED) is 0.848. The molecule has 1 aromatic carbocycles. The molecule has 1 atom stereocenters. The summed E-state index contributed by atoms with van der Waals surface area (Å²) in [5.41, 5.74) is 6.65. The van der Waals surface area contributed by atoms with Crippen molar-refractivity contribution < 1.29 is 8.42 Å². The van der Waals surface area contributed by atoms with Crippen molar-refractivity contribution in [2.24, 2.45) is 5.73 Å². The van der Waals surface area contributed by atoms with Gasteiger partial charge in [0.15, 0.2) is 0 Å². The van der Waals surface area contributed by atoms with Gasteiger partial charge in [-0.3, -0.25) is 0 Å². The Kier molecular flexibility index (Phi) is 5.31. The molecule has 2 N–H and O–H groups in total. The van der Waals surface area contributed by atoms with Crippen LogP contribution in [0.4, 0.5) is 0 Å². The Labute approximate surface area is 112 Å². The van der Waals surface area contributed by atoms with Crippen LogP contribution in [-0.4, -0.2) is 26.2 Å². The summed E-state index contributed by atoms with van der Waals surface area (Å²) < 4.78 is 22.0. The van der Waals surface area contributed by atoms with Gasteiger partial charge in [0.05, 0.1) is 5.75 Å². The number of thioether (sulfide) groups is 1. The Morgan fingerprint density at radius 2 is 2.12 bits per heavy atom. The molecule has 0 saturated heterocycles. The number of hydrogen-bond acceptors (Lipinski definition) is 4. The lowest BCUT2D eigenvalue weighted by molar-refractivity contribution is 0.603. The number of halogens is 1. The predicted octanol–water partition coefficient (Wildman–Crippen LogP) is 2.50. The smallest absolute Gasteiger partial charge is 0.148 e. The first-order valence-electron chi connectivity index (χ1n) is 5.15. The lowest BCUT2D eigenvalue weighted by Gasteiger charge is -2.09. The van der Waals surface area contributed by atoms with Crippen LogP contribution in [0, 0.1) is 0 Å². The fourth-order valence-corrected chi connectivity index (χ4v) is 3.84. The van der Waals surface area contributed by atoms with Gasteiger partial charge in [0.1, 0.15) is 9.84 Å².